The quantitative estimate of drug-likeness (QED) is 0.303. The Labute approximate surface area is 244 Å². The van der Waals surface area contributed by atoms with Crippen molar-refractivity contribution in [2.45, 2.75) is 40.9 Å². The summed E-state index contributed by atoms with van der Waals surface area (Å²) in [6.45, 7) is 12.0. The van der Waals surface area contributed by atoms with Crippen LogP contribution < -0.4 is 14.4 Å². The number of aliphatic imine (C=N–C) groups is 1. The number of aromatic nitrogens is 4. The van der Waals surface area contributed by atoms with Crippen LogP contribution in [0.25, 0.3) is 11.4 Å². The lowest BCUT2D eigenvalue weighted by molar-refractivity contribution is -0.108. The number of rotatable bonds is 12. The Bertz CT molecular complexity index is 1560. The number of hydrogen-bond acceptors (Lipinski definition) is 12. The highest BCUT2D eigenvalue weighted by molar-refractivity contribution is 7.92. The molecule has 4 rings (SSSR count). The number of ether oxygens (including phenoxy) is 3. The van der Waals surface area contributed by atoms with Crippen LogP contribution in [0.5, 0.6) is 5.75 Å². The number of thiazole rings is 1. The van der Waals surface area contributed by atoms with Gasteiger partial charge < -0.3 is 19.1 Å². The van der Waals surface area contributed by atoms with Gasteiger partial charge in [0, 0.05) is 31.2 Å². The maximum atomic E-state index is 12.1. The molecule has 0 saturated carbocycles. The average Bonchev–Trinajstić information content (AvgIpc) is 3.62. The largest absolute Gasteiger partial charge is 0.497 e. The van der Waals surface area contributed by atoms with Crippen molar-refractivity contribution >= 4 is 48.6 Å². The number of nitrogens with zero attached hydrogens (tertiary/aromatic N) is 7. The van der Waals surface area contributed by atoms with Crippen molar-refractivity contribution in [3.63, 3.8) is 0 Å². The van der Waals surface area contributed by atoms with Crippen LogP contribution in [0.1, 0.15) is 40.4 Å². The number of nitrogens with one attached hydrogen (secondary N) is 1. The molecule has 1 atom stereocenters. The molecule has 0 aliphatic carbocycles. The van der Waals surface area contributed by atoms with Crippen molar-refractivity contribution in [1.29, 1.82) is 0 Å². The first-order chi connectivity index (χ1) is 19.3. The van der Waals surface area contributed by atoms with Crippen LogP contribution in [0.15, 0.2) is 34.5 Å². The van der Waals surface area contributed by atoms with Gasteiger partial charge in [-0.05, 0) is 32.0 Å². The second-order valence-corrected chi connectivity index (χ2v) is 13.1. The molecule has 0 radical (unpaired) electrons. The molecule has 1 N–H and O–H groups in total. The SMILES string of the molecule is CCN(CCOC(C)OC)c1cnc(N=C2C(C(C)(C)C)=Nn3c2nnc3-c2cc(OC)ccc2NS(C)(=O)=O)s1. The van der Waals surface area contributed by atoms with Gasteiger partial charge in [0.25, 0.3) is 0 Å². The van der Waals surface area contributed by atoms with E-state index in [1.807, 2.05) is 27.7 Å². The first kappa shape index (κ1) is 30.6. The fourth-order valence-electron chi connectivity index (χ4n) is 4.05. The van der Waals surface area contributed by atoms with E-state index in [0.717, 1.165) is 17.8 Å². The van der Waals surface area contributed by atoms with E-state index in [9.17, 15) is 8.42 Å². The summed E-state index contributed by atoms with van der Waals surface area (Å²) in [5.74, 6) is 1.31. The third kappa shape index (κ3) is 7.09. The summed E-state index contributed by atoms with van der Waals surface area (Å²) in [7, 11) is -0.415. The first-order valence-electron chi connectivity index (χ1n) is 13.0. The van der Waals surface area contributed by atoms with Gasteiger partial charge in [-0.1, -0.05) is 32.1 Å². The van der Waals surface area contributed by atoms with E-state index in [1.165, 1.54) is 18.4 Å². The van der Waals surface area contributed by atoms with Gasteiger partial charge in [-0.25, -0.2) is 18.4 Å². The minimum atomic E-state index is -3.56. The van der Waals surface area contributed by atoms with Gasteiger partial charge in [0.2, 0.25) is 21.0 Å². The van der Waals surface area contributed by atoms with Crippen LogP contribution in [0, 0.1) is 5.41 Å². The van der Waals surface area contributed by atoms with Gasteiger partial charge in [0.05, 0.1) is 37.6 Å². The van der Waals surface area contributed by atoms with Crippen LogP contribution in [-0.2, 0) is 19.5 Å². The van der Waals surface area contributed by atoms with Crippen molar-refractivity contribution in [2.24, 2.45) is 15.5 Å². The Morgan fingerprint density at radius 2 is 1.93 bits per heavy atom. The molecule has 3 heterocycles. The van der Waals surface area contributed by atoms with Gasteiger partial charge in [0.15, 0.2) is 12.1 Å². The maximum absolute atomic E-state index is 12.1. The number of sulfonamides is 1. The number of benzene rings is 1. The lowest BCUT2D eigenvalue weighted by Crippen LogP contribution is -2.28. The smallest absolute Gasteiger partial charge is 0.229 e. The summed E-state index contributed by atoms with van der Waals surface area (Å²) < 4.78 is 44.5. The van der Waals surface area contributed by atoms with Gasteiger partial charge >= 0.3 is 0 Å². The standard InChI is InChI=1S/C26H36N8O5S2/c1-9-33(12-13-39-16(2)37-6)20-15-27-25(40-20)28-21-22(26(3,4)5)31-34-23(29-30-24(21)34)18-14-17(38-7)10-11-19(18)32-41(8,35)36/h10-11,14-16,32H,9,12-13H2,1-8H3. The van der Waals surface area contributed by atoms with Gasteiger partial charge in [-0.2, -0.15) is 9.78 Å². The lowest BCUT2D eigenvalue weighted by Gasteiger charge is -2.21. The Morgan fingerprint density at radius 1 is 1.20 bits per heavy atom. The van der Waals surface area contributed by atoms with Crippen LogP contribution in [0.2, 0.25) is 0 Å². The fourth-order valence-corrected chi connectivity index (χ4v) is 5.51. The normalized spacial score (nSPS) is 15.1. The summed E-state index contributed by atoms with van der Waals surface area (Å²) in [6.07, 6.45) is 2.61. The predicted octanol–water partition coefficient (Wildman–Crippen LogP) is 4.00. The summed E-state index contributed by atoms with van der Waals surface area (Å²) in [5.41, 5.74) is 1.67. The minimum absolute atomic E-state index is 0.271. The molecule has 41 heavy (non-hydrogen) atoms. The average molecular weight is 605 g/mol. The molecule has 1 unspecified atom stereocenters. The molecule has 0 spiro atoms. The summed E-state index contributed by atoms with van der Waals surface area (Å²) in [5, 5.41) is 15.2. The van der Waals surface area contributed by atoms with E-state index in [1.54, 1.807) is 36.2 Å². The number of methoxy groups -OCH3 is 2. The molecule has 13 nitrogen and oxygen atoms in total. The highest BCUT2D eigenvalue weighted by Crippen LogP contribution is 2.36. The number of likely N-dealkylation sites (N-methyl/N-ethyl adjacent to an activating group) is 1. The summed E-state index contributed by atoms with van der Waals surface area (Å²) >= 11 is 1.46. The van der Waals surface area contributed by atoms with Crippen molar-refractivity contribution in [3.05, 3.63) is 30.2 Å². The summed E-state index contributed by atoms with van der Waals surface area (Å²) in [6, 6.07) is 4.97. The second kappa shape index (κ2) is 12.2. The molecule has 1 aliphatic rings. The minimum Gasteiger partial charge on any atom is -0.497 e. The Hall–Kier alpha value is -3.40. The van der Waals surface area contributed by atoms with Crippen molar-refractivity contribution < 1.29 is 22.6 Å². The summed E-state index contributed by atoms with van der Waals surface area (Å²) in [4.78, 5) is 11.6. The van der Waals surface area contributed by atoms with E-state index in [4.69, 9.17) is 24.3 Å². The van der Waals surface area contributed by atoms with Crippen LogP contribution in [-0.4, -0.2) is 86.2 Å². The molecule has 1 aromatic carbocycles. The van der Waals surface area contributed by atoms with Crippen LogP contribution in [0.4, 0.5) is 15.8 Å². The molecule has 3 aromatic rings. The van der Waals surface area contributed by atoms with Crippen LogP contribution >= 0.6 is 11.3 Å². The molecular formula is C26H36N8O5S2. The third-order valence-electron chi connectivity index (χ3n) is 6.18. The molecule has 0 saturated heterocycles. The zero-order valence-electron chi connectivity index (χ0n) is 24.5. The number of fused-ring (bicyclic) bond motifs is 1. The maximum Gasteiger partial charge on any atom is 0.229 e. The zero-order chi connectivity index (χ0) is 29.9. The fraction of sp³-hybridized carbons (Fsp3) is 0.500. The topological polar surface area (TPSA) is 145 Å². The van der Waals surface area contributed by atoms with Gasteiger partial charge in [-0.3, -0.25) is 4.72 Å². The van der Waals surface area contributed by atoms with E-state index in [2.05, 4.69) is 31.7 Å². The van der Waals surface area contributed by atoms with Gasteiger partial charge in [-0.15, -0.1) is 10.2 Å². The predicted molar refractivity (Wildman–Crippen MR) is 161 cm³/mol. The van der Waals surface area contributed by atoms with Crippen LogP contribution in [0.3, 0.4) is 0 Å². The second-order valence-electron chi connectivity index (χ2n) is 10.3. The molecule has 222 valence electrons. The molecule has 0 fully saturated rings. The van der Waals surface area contributed by atoms with E-state index >= 15 is 0 Å². The first-order valence-corrected chi connectivity index (χ1v) is 15.7. The third-order valence-corrected chi connectivity index (χ3v) is 7.72. The monoisotopic (exact) mass is 604 g/mol. The molecular weight excluding hydrogens is 568 g/mol. The highest BCUT2D eigenvalue weighted by atomic mass is 32.2. The number of anilines is 2. The van der Waals surface area contributed by atoms with Gasteiger partial charge in [0.1, 0.15) is 16.5 Å². The van der Waals surface area contributed by atoms with E-state index < -0.39 is 10.0 Å². The zero-order valence-corrected chi connectivity index (χ0v) is 26.1. The Kier molecular flexibility index (Phi) is 9.11. The lowest BCUT2D eigenvalue weighted by atomic mass is 9.87. The molecule has 0 amide bonds. The Morgan fingerprint density at radius 3 is 2.56 bits per heavy atom. The van der Waals surface area contributed by atoms with E-state index in [-0.39, 0.29) is 11.7 Å². The molecule has 2 aromatic heterocycles. The van der Waals surface area contributed by atoms with Crippen molar-refractivity contribution in [1.82, 2.24) is 19.9 Å². The van der Waals surface area contributed by atoms with E-state index in [0.29, 0.717) is 58.4 Å². The van der Waals surface area contributed by atoms with Crippen molar-refractivity contribution in [3.8, 4) is 17.1 Å². The molecule has 15 heteroatoms. The molecule has 1 aliphatic heterocycles. The Balaban J connectivity index is 1.72. The van der Waals surface area contributed by atoms with Crippen molar-refractivity contribution in [2.75, 3.05) is 49.8 Å². The number of hydrogen-bond donors (Lipinski definition) is 1. The highest BCUT2D eigenvalue weighted by Gasteiger charge is 2.36. The molecule has 0 bridgehead atoms.